The number of ether oxygens (including phenoxy) is 1. The van der Waals surface area contributed by atoms with E-state index in [0.717, 1.165) is 34.8 Å². The number of alkyl halides is 3. The average molecular weight is 328 g/mol. The molecule has 1 aromatic heterocycles. The zero-order chi connectivity index (χ0) is 16.3. The first kappa shape index (κ1) is 17.4. The molecule has 0 aliphatic carbocycles. The zero-order valence-electron chi connectivity index (χ0n) is 13.1. The largest absolute Gasteiger partial charge is 0.416 e. The van der Waals surface area contributed by atoms with Gasteiger partial charge in [-0.15, -0.1) is 11.3 Å². The lowest BCUT2D eigenvalue weighted by Crippen LogP contribution is -2.03. The molecule has 120 valence electrons. The zero-order valence-corrected chi connectivity index (χ0v) is 13.9. The van der Waals surface area contributed by atoms with Gasteiger partial charge in [0.25, 0.3) is 0 Å². The van der Waals surface area contributed by atoms with Crippen LogP contribution in [0.2, 0.25) is 6.32 Å². The predicted octanol–water partition coefficient (Wildman–Crippen LogP) is 4.79. The summed E-state index contributed by atoms with van der Waals surface area (Å²) >= 11 is 1.50. The van der Waals surface area contributed by atoms with Crippen LogP contribution in [0, 0.1) is 6.92 Å². The summed E-state index contributed by atoms with van der Waals surface area (Å²) in [5.74, 6) is 0.358. The maximum Gasteiger partial charge on any atom is 0.416 e. The van der Waals surface area contributed by atoms with Gasteiger partial charge in [0.1, 0.15) is 7.85 Å². The molecule has 0 aliphatic heterocycles. The van der Waals surface area contributed by atoms with Crippen LogP contribution in [0.25, 0.3) is 10.1 Å². The first-order valence-corrected chi connectivity index (χ1v) is 8.29. The lowest BCUT2D eigenvalue weighted by Gasteiger charge is -2.15. The van der Waals surface area contributed by atoms with Crippen LogP contribution >= 0.6 is 11.3 Å². The number of hydrogen-bond acceptors (Lipinski definition) is 2. The van der Waals surface area contributed by atoms with Crippen LogP contribution in [0.3, 0.4) is 0 Å². The third-order valence-corrected chi connectivity index (χ3v) is 5.40. The number of thiophene rings is 1. The molecule has 0 bridgehead atoms. The van der Waals surface area contributed by atoms with Crippen LogP contribution in [0.5, 0.6) is 0 Å². The van der Waals surface area contributed by atoms with Crippen molar-refractivity contribution in [2.45, 2.75) is 38.2 Å². The van der Waals surface area contributed by atoms with E-state index in [0.29, 0.717) is 12.5 Å². The van der Waals surface area contributed by atoms with Crippen LogP contribution in [-0.2, 0) is 10.9 Å². The van der Waals surface area contributed by atoms with E-state index in [1.54, 1.807) is 13.2 Å². The smallest absolute Gasteiger partial charge is 0.385 e. The Kier molecular flexibility index (Phi) is 5.56. The van der Waals surface area contributed by atoms with Gasteiger partial charge in [0.15, 0.2) is 0 Å². The molecule has 0 N–H and O–H groups in total. The van der Waals surface area contributed by atoms with Crippen LogP contribution in [0.15, 0.2) is 18.2 Å². The summed E-state index contributed by atoms with van der Waals surface area (Å²) in [5, 5.41) is 0.937. The van der Waals surface area contributed by atoms with Gasteiger partial charge in [-0.05, 0) is 42.3 Å². The summed E-state index contributed by atoms with van der Waals surface area (Å²) in [6, 6.07) is 4.05. The molecule has 1 atom stereocenters. The van der Waals surface area contributed by atoms with E-state index >= 15 is 0 Å². The maximum atomic E-state index is 12.9. The highest BCUT2D eigenvalue weighted by Gasteiger charge is 2.31. The fourth-order valence-corrected chi connectivity index (χ4v) is 4.24. The second-order valence-electron chi connectivity index (χ2n) is 5.57. The molecule has 0 fully saturated rings. The van der Waals surface area contributed by atoms with Gasteiger partial charge in [-0.1, -0.05) is 18.8 Å². The Balaban J connectivity index is 2.43. The van der Waals surface area contributed by atoms with E-state index < -0.39 is 11.7 Å². The summed E-state index contributed by atoms with van der Waals surface area (Å²) in [6.07, 6.45) is -1.30. The Morgan fingerprint density at radius 1 is 1.27 bits per heavy atom. The summed E-state index contributed by atoms with van der Waals surface area (Å²) in [7, 11) is 3.81. The van der Waals surface area contributed by atoms with Crippen molar-refractivity contribution in [1.29, 1.82) is 0 Å². The molecule has 1 heterocycles. The topological polar surface area (TPSA) is 9.23 Å². The van der Waals surface area contributed by atoms with E-state index in [1.165, 1.54) is 28.3 Å². The molecule has 6 heteroatoms. The quantitative estimate of drug-likeness (QED) is 0.693. The molecule has 0 spiro atoms. The van der Waals surface area contributed by atoms with Gasteiger partial charge in [-0.25, -0.2) is 0 Å². The minimum absolute atomic E-state index is 0.358. The number of methoxy groups -OCH3 is 1. The molecular formula is C16H20BF3OS. The lowest BCUT2D eigenvalue weighted by molar-refractivity contribution is -0.137. The van der Waals surface area contributed by atoms with Gasteiger partial charge < -0.3 is 4.74 Å². The lowest BCUT2D eigenvalue weighted by atomic mass is 9.89. The Labute approximate surface area is 133 Å². The molecule has 0 saturated carbocycles. The Morgan fingerprint density at radius 2 is 2.00 bits per heavy atom. The third-order valence-electron chi connectivity index (χ3n) is 3.98. The molecule has 22 heavy (non-hydrogen) atoms. The number of benzene rings is 1. The van der Waals surface area contributed by atoms with Crippen molar-refractivity contribution in [3.8, 4) is 0 Å². The predicted molar refractivity (Wildman–Crippen MR) is 88.8 cm³/mol. The van der Waals surface area contributed by atoms with Crippen LogP contribution in [0.1, 0.15) is 34.8 Å². The fraction of sp³-hybridized carbons (Fsp3) is 0.500. The van der Waals surface area contributed by atoms with Gasteiger partial charge in [0.2, 0.25) is 0 Å². The van der Waals surface area contributed by atoms with E-state index in [-0.39, 0.29) is 0 Å². The van der Waals surface area contributed by atoms with Crippen molar-refractivity contribution in [2.24, 2.45) is 0 Å². The molecule has 0 amide bonds. The number of aryl methyl sites for hydroxylation is 1. The monoisotopic (exact) mass is 328 g/mol. The molecular weight excluding hydrogens is 308 g/mol. The SMILES string of the molecule is BCCC(CCOC)c1sc2cc(C(F)(F)F)ccc2c1C. The summed E-state index contributed by atoms with van der Waals surface area (Å²) in [4.78, 5) is 1.20. The van der Waals surface area contributed by atoms with Gasteiger partial charge in [-0.3, -0.25) is 0 Å². The minimum Gasteiger partial charge on any atom is -0.385 e. The standard InChI is InChI=1S/C16H20BF3OS/c1-10-13-4-3-12(16(18,19)20)9-14(13)22-15(10)11(5-7-17)6-8-21-2/h3-4,9,11H,5-8,17H2,1-2H3. The van der Waals surface area contributed by atoms with Gasteiger partial charge >= 0.3 is 6.18 Å². The van der Waals surface area contributed by atoms with Crippen molar-refractivity contribution < 1.29 is 17.9 Å². The third kappa shape index (κ3) is 3.66. The van der Waals surface area contributed by atoms with E-state index in [4.69, 9.17) is 4.74 Å². The molecule has 1 nitrogen and oxygen atoms in total. The van der Waals surface area contributed by atoms with Crippen LogP contribution < -0.4 is 0 Å². The number of hydrogen-bond donors (Lipinski definition) is 0. The maximum absolute atomic E-state index is 12.9. The van der Waals surface area contributed by atoms with Crippen molar-refractivity contribution in [3.63, 3.8) is 0 Å². The molecule has 2 aromatic rings. The van der Waals surface area contributed by atoms with Crippen LogP contribution in [-0.4, -0.2) is 21.6 Å². The molecule has 0 radical (unpaired) electrons. The van der Waals surface area contributed by atoms with Crippen molar-refractivity contribution in [1.82, 2.24) is 0 Å². The van der Waals surface area contributed by atoms with E-state index in [2.05, 4.69) is 7.85 Å². The highest BCUT2D eigenvalue weighted by Crippen LogP contribution is 2.41. The normalized spacial score (nSPS) is 13.7. The number of rotatable bonds is 6. The van der Waals surface area contributed by atoms with Gasteiger partial charge in [0, 0.05) is 23.3 Å². The number of halogens is 3. The van der Waals surface area contributed by atoms with Gasteiger partial charge in [-0.2, -0.15) is 13.2 Å². The fourth-order valence-electron chi connectivity index (χ4n) is 2.83. The van der Waals surface area contributed by atoms with Crippen molar-refractivity contribution in [3.05, 3.63) is 34.2 Å². The Morgan fingerprint density at radius 3 is 2.59 bits per heavy atom. The van der Waals surface area contributed by atoms with E-state index in [9.17, 15) is 13.2 Å². The van der Waals surface area contributed by atoms with E-state index in [1.807, 2.05) is 6.92 Å². The molecule has 2 rings (SSSR count). The van der Waals surface area contributed by atoms with Gasteiger partial charge in [0.05, 0.1) is 5.56 Å². The van der Waals surface area contributed by atoms with Crippen LogP contribution in [0.4, 0.5) is 13.2 Å². The molecule has 1 aromatic carbocycles. The average Bonchev–Trinajstić information content (AvgIpc) is 2.79. The molecule has 0 saturated heterocycles. The first-order valence-electron chi connectivity index (χ1n) is 7.47. The second-order valence-corrected chi connectivity index (χ2v) is 6.65. The second kappa shape index (κ2) is 7.05. The Bertz CT molecular complexity index is 636. The first-order chi connectivity index (χ1) is 10.4. The Hall–Kier alpha value is -1.01. The highest BCUT2D eigenvalue weighted by molar-refractivity contribution is 7.19. The summed E-state index contributed by atoms with van der Waals surface area (Å²) < 4.78 is 44.5. The number of fused-ring (bicyclic) bond motifs is 1. The summed E-state index contributed by atoms with van der Waals surface area (Å²) in [6.45, 7) is 2.68. The minimum atomic E-state index is -4.29. The summed E-state index contributed by atoms with van der Waals surface area (Å²) in [5.41, 5.74) is 0.542. The molecule has 0 aliphatic rings. The molecule has 1 unspecified atom stereocenters. The highest BCUT2D eigenvalue weighted by atomic mass is 32.1. The van der Waals surface area contributed by atoms with Crippen molar-refractivity contribution >= 4 is 29.3 Å². The van der Waals surface area contributed by atoms with Crippen molar-refractivity contribution in [2.75, 3.05) is 13.7 Å².